The molecule has 1 amide bonds. The van der Waals surface area contributed by atoms with E-state index in [1.54, 1.807) is 23.7 Å². The van der Waals surface area contributed by atoms with Crippen LogP contribution >= 0.6 is 22.9 Å². The Morgan fingerprint density at radius 2 is 1.89 bits per heavy atom. The number of rotatable bonds is 6. The number of halogens is 1. The average molecular weight is 545 g/mol. The number of nitrogens with zero attached hydrogens (tertiary/aromatic N) is 3. The van der Waals surface area contributed by atoms with Gasteiger partial charge in [-0.05, 0) is 80.0 Å². The van der Waals surface area contributed by atoms with E-state index in [9.17, 15) is 13.2 Å². The standard InChI is InChI=1S/C26H29ClN4O3S2/c1-18(31-13-2-3-21-17-22(27)6-9-24(21)31)25(32)30-14-10-20(11-15-30)19-4-7-23(8-5-19)36(33,34)29-26-28-12-16-35-26/h4-9,12,16-18,20H,2-3,10-11,13-15H2,1H3,(H,28,29)/t18-/m0/s1. The van der Waals surface area contributed by atoms with Gasteiger partial charge in [0, 0.05) is 41.9 Å². The Bertz CT molecular complexity index is 1320. The molecule has 10 heteroatoms. The number of amides is 1. The van der Waals surface area contributed by atoms with Crippen molar-refractivity contribution in [1.29, 1.82) is 0 Å². The summed E-state index contributed by atoms with van der Waals surface area (Å²) in [7, 11) is -3.66. The summed E-state index contributed by atoms with van der Waals surface area (Å²) in [5.74, 6) is 0.455. The lowest BCUT2D eigenvalue weighted by Crippen LogP contribution is -2.50. The van der Waals surface area contributed by atoms with Gasteiger partial charge >= 0.3 is 0 Å². The molecule has 36 heavy (non-hydrogen) atoms. The molecule has 0 saturated carbocycles. The van der Waals surface area contributed by atoms with Crippen LogP contribution in [0.15, 0.2) is 58.9 Å². The Morgan fingerprint density at radius 1 is 1.14 bits per heavy atom. The third-order valence-corrected chi connectivity index (χ3v) is 9.55. The molecular formula is C26H29ClN4O3S2. The summed E-state index contributed by atoms with van der Waals surface area (Å²) in [6, 6.07) is 12.8. The molecule has 1 saturated heterocycles. The van der Waals surface area contributed by atoms with Crippen molar-refractivity contribution in [3.05, 3.63) is 70.2 Å². The maximum Gasteiger partial charge on any atom is 0.263 e. The van der Waals surface area contributed by atoms with E-state index in [0.29, 0.717) is 24.1 Å². The van der Waals surface area contributed by atoms with Gasteiger partial charge in [0.1, 0.15) is 6.04 Å². The van der Waals surface area contributed by atoms with Crippen LogP contribution in [-0.4, -0.2) is 49.9 Å². The number of aryl methyl sites for hydroxylation is 1. The molecule has 0 aliphatic carbocycles. The van der Waals surface area contributed by atoms with Crippen molar-refractivity contribution in [2.45, 2.75) is 49.5 Å². The Labute approximate surface area is 221 Å². The van der Waals surface area contributed by atoms with Gasteiger partial charge in [0.05, 0.1) is 4.90 Å². The minimum Gasteiger partial charge on any atom is -0.360 e. The number of benzene rings is 2. The van der Waals surface area contributed by atoms with Crippen LogP contribution in [-0.2, 0) is 21.2 Å². The smallest absolute Gasteiger partial charge is 0.263 e. The number of nitrogens with one attached hydrogen (secondary N) is 1. The molecule has 2 aliphatic heterocycles. The fourth-order valence-corrected chi connectivity index (χ4v) is 7.18. The van der Waals surface area contributed by atoms with E-state index in [0.717, 1.165) is 48.5 Å². The van der Waals surface area contributed by atoms with Gasteiger partial charge in [-0.25, -0.2) is 13.4 Å². The number of carbonyl (C=O) groups excluding carboxylic acids is 1. The fourth-order valence-electron chi connectivity index (χ4n) is 5.19. The van der Waals surface area contributed by atoms with Crippen LogP contribution in [0, 0.1) is 0 Å². The van der Waals surface area contributed by atoms with Crippen molar-refractivity contribution >= 4 is 49.7 Å². The molecule has 3 aromatic rings. The molecule has 0 bridgehead atoms. The second-order valence-corrected chi connectivity index (χ2v) is 12.4. The van der Waals surface area contributed by atoms with E-state index < -0.39 is 10.0 Å². The zero-order chi connectivity index (χ0) is 25.3. The number of carbonyl (C=O) groups is 1. The molecule has 2 aliphatic rings. The lowest BCUT2D eigenvalue weighted by molar-refractivity contribution is -0.133. The number of sulfonamides is 1. The first kappa shape index (κ1) is 25.0. The highest BCUT2D eigenvalue weighted by molar-refractivity contribution is 7.93. The molecule has 0 unspecified atom stereocenters. The van der Waals surface area contributed by atoms with Gasteiger partial charge < -0.3 is 9.80 Å². The summed E-state index contributed by atoms with van der Waals surface area (Å²) in [6.45, 7) is 4.25. The number of thiazole rings is 1. The third-order valence-electron chi connectivity index (χ3n) is 7.14. The molecule has 190 valence electrons. The number of likely N-dealkylation sites (tertiary alicyclic amines) is 1. The van der Waals surface area contributed by atoms with Crippen LogP contribution in [0.1, 0.15) is 43.2 Å². The second kappa shape index (κ2) is 10.4. The Morgan fingerprint density at radius 3 is 2.58 bits per heavy atom. The van der Waals surface area contributed by atoms with Gasteiger partial charge in [0.25, 0.3) is 10.0 Å². The first-order valence-corrected chi connectivity index (χ1v) is 14.9. The van der Waals surface area contributed by atoms with Crippen molar-refractivity contribution in [2.24, 2.45) is 0 Å². The second-order valence-electron chi connectivity index (χ2n) is 9.36. The van der Waals surface area contributed by atoms with E-state index >= 15 is 0 Å². The van der Waals surface area contributed by atoms with Crippen molar-refractivity contribution in [3.8, 4) is 0 Å². The summed E-state index contributed by atoms with van der Waals surface area (Å²) in [5, 5.41) is 2.81. The SMILES string of the molecule is C[C@@H](C(=O)N1CCC(c2ccc(S(=O)(=O)Nc3nccs3)cc2)CC1)N1CCCc2cc(Cl)ccc21. The minimum atomic E-state index is -3.66. The highest BCUT2D eigenvalue weighted by Crippen LogP contribution is 2.33. The lowest BCUT2D eigenvalue weighted by atomic mass is 9.89. The molecule has 0 spiro atoms. The first-order valence-electron chi connectivity index (χ1n) is 12.2. The number of hydrogen-bond acceptors (Lipinski definition) is 6. The quantitative estimate of drug-likeness (QED) is 0.464. The van der Waals surface area contributed by atoms with Crippen LogP contribution in [0.4, 0.5) is 10.8 Å². The Balaban J connectivity index is 1.20. The summed E-state index contributed by atoms with van der Waals surface area (Å²) >= 11 is 7.42. The van der Waals surface area contributed by atoms with E-state index in [-0.39, 0.29) is 16.8 Å². The highest BCUT2D eigenvalue weighted by Gasteiger charge is 2.32. The molecule has 3 heterocycles. The number of aromatic nitrogens is 1. The van der Waals surface area contributed by atoms with E-state index in [1.165, 1.54) is 16.9 Å². The number of hydrogen-bond donors (Lipinski definition) is 1. The third kappa shape index (κ3) is 5.23. The average Bonchev–Trinajstić information content (AvgIpc) is 3.40. The summed E-state index contributed by atoms with van der Waals surface area (Å²) in [4.78, 5) is 21.8. The van der Waals surface area contributed by atoms with Gasteiger partial charge in [-0.15, -0.1) is 11.3 Å². The van der Waals surface area contributed by atoms with Crippen molar-refractivity contribution < 1.29 is 13.2 Å². The van der Waals surface area contributed by atoms with E-state index in [4.69, 9.17) is 11.6 Å². The summed E-state index contributed by atoms with van der Waals surface area (Å²) in [6.07, 6.45) is 5.27. The molecule has 1 atom stereocenters. The highest BCUT2D eigenvalue weighted by atomic mass is 35.5. The summed E-state index contributed by atoms with van der Waals surface area (Å²) in [5.41, 5.74) is 3.42. The molecule has 2 aromatic carbocycles. The topological polar surface area (TPSA) is 82.6 Å². The molecule has 1 N–H and O–H groups in total. The largest absolute Gasteiger partial charge is 0.360 e. The van der Waals surface area contributed by atoms with E-state index in [2.05, 4.69) is 14.6 Å². The molecular weight excluding hydrogens is 516 g/mol. The zero-order valence-corrected chi connectivity index (χ0v) is 22.5. The minimum absolute atomic E-state index is 0.158. The summed E-state index contributed by atoms with van der Waals surface area (Å²) < 4.78 is 27.7. The molecule has 1 aromatic heterocycles. The van der Waals surface area contributed by atoms with Crippen LogP contribution < -0.4 is 9.62 Å². The molecule has 5 rings (SSSR count). The lowest BCUT2D eigenvalue weighted by Gasteiger charge is -2.40. The zero-order valence-electron chi connectivity index (χ0n) is 20.1. The van der Waals surface area contributed by atoms with Gasteiger partial charge in [-0.1, -0.05) is 23.7 Å². The molecule has 7 nitrogen and oxygen atoms in total. The number of piperidine rings is 1. The molecule has 0 radical (unpaired) electrons. The van der Waals surface area contributed by atoms with Gasteiger partial charge in [0.15, 0.2) is 5.13 Å². The van der Waals surface area contributed by atoms with E-state index in [1.807, 2.05) is 42.2 Å². The van der Waals surface area contributed by atoms with Gasteiger partial charge in [-0.3, -0.25) is 9.52 Å². The maximum atomic E-state index is 13.4. The normalized spacial score (nSPS) is 17.5. The predicted octanol–water partition coefficient (Wildman–Crippen LogP) is 5.14. The van der Waals surface area contributed by atoms with Gasteiger partial charge in [-0.2, -0.15) is 0 Å². The Hall–Kier alpha value is -2.62. The monoisotopic (exact) mass is 544 g/mol. The number of fused-ring (bicyclic) bond motifs is 1. The van der Waals surface area contributed by atoms with Crippen LogP contribution in [0.5, 0.6) is 0 Å². The molecule has 1 fully saturated rings. The van der Waals surface area contributed by atoms with Crippen LogP contribution in [0.3, 0.4) is 0 Å². The van der Waals surface area contributed by atoms with Crippen LogP contribution in [0.2, 0.25) is 5.02 Å². The Kier molecular flexibility index (Phi) is 7.23. The first-order chi connectivity index (χ1) is 17.3. The van der Waals surface area contributed by atoms with Crippen molar-refractivity contribution in [1.82, 2.24) is 9.88 Å². The predicted molar refractivity (Wildman–Crippen MR) is 145 cm³/mol. The van der Waals surface area contributed by atoms with Crippen molar-refractivity contribution in [2.75, 3.05) is 29.3 Å². The fraction of sp³-hybridized carbons (Fsp3) is 0.385. The number of anilines is 2. The van der Waals surface area contributed by atoms with Gasteiger partial charge in [0.2, 0.25) is 5.91 Å². The maximum absolute atomic E-state index is 13.4. The van der Waals surface area contributed by atoms with Crippen molar-refractivity contribution in [3.63, 3.8) is 0 Å². The van der Waals surface area contributed by atoms with Crippen LogP contribution in [0.25, 0.3) is 0 Å².